The van der Waals surface area contributed by atoms with Gasteiger partial charge in [-0.25, -0.2) is 4.79 Å². The molecule has 0 fully saturated rings. The molecular formula is C16H22N2O5S. The first-order valence-electron chi connectivity index (χ1n) is 7.32. The van der Waals surface area contributed by atoms with Crippen molar-refractivity contribution in [3.8, 4) is 0 Å². The maximum Gasteiger partial charge on any atom is 0.321 e. The number of thioether (sulfide) groups is 1. The minimum absolute atomic E-state index is 0.121. The van der Waals surface area contributed by atoms with Gasteiger partial charge in [-0.2, -0.15) is 0 Å². The summed E-state index contributed by atoms with van der Waals surface area (Å²) in [4.78, 5) is 35.3. The number of carbonyl (C=O) groups is 3. The molecule has 1 aromatic rings. The fourth-order valence-corrected chi connectivity index (χ4v) is 2.64. The molecule has 0 bridgehead atoms. The van der Waals surface area contributed by atoms with Crippen LogP contribution in [0, 0.1) is 5.92 Å². The van der Waals surface area contributed by atoms with E-state index in [2.05, 4.69) is 10.1 Å². The number of urea groups is 1. The van der Waals surface area contributed by atoms with E-state index in [0.29, 0.717) is 11.4 Å². The van der Waals surface area contributed by atoms with Crippen LogP contribution in [0.1, 0.15) is 12.5 Å². The van der Waals surface area contributed by atoms with E-state index in [1.54, 1.807) is 20.0 Å². The lowest BCUT2D eigenvalue weighted by Crippen LogP contribution is -2.36. The second kappa shape index (κ2) is 9.82. The Labute approximate surface area is 145 Å². The minimum atomic E-state index is -0.945. The van der Waals surface area contributed by atoms with Gasteiger partial charge in [-0.15, -0.1) is 11.8 Å². The molecule has 24 heavy (non-hydrogen) atoms. The largest absolute Gasteiger partial charge is 0.481 e. The molecule has 7 nitrogen and oxygen atoms in total. The highest BCUT2D eigenvalue weighted by molar-refractivity contribution is 7.99. The lowest BCUT2D eigenvalue weighted by molar-refractivity contribution is -0.141. The lowest BCUT2D eigenvalue weighted by Gasteiger charge is -2.20. The van der Waals surface area contributed by atoms with Gasteiger partial charge in [-0.3, -0.25) is 9.59 Å². The third kappa shape index (κ3) is 6.91. The Hall–Kier alpha value is -2.22. The molecular weight excluding hydrogens is 332 g/mol. The lowest BCUT2D eigenvalue weighted by atomic mass is 10.2. The number of carboxylic acid groups (broad SMARTS) is 1. The van der Waals surface area contributed by atoms with E-state index in [1.165, 1.54) is 23.8 Å². The molecule has 0 radical (unpaired) electrons. The summed E-state index contributed by atoms with van der Waals surface area (Å²) in [6.07, 6.45) is 0. The number of aliphatic carboxylic acids is 1. The number of ether oxygens (including phenoxy) is 1. The summed E-state index contributed by atoms with van der Waals surface area (Å²) >= 11 is 1.42. The zero-order chi connectivity index (χ0) is 18.1. The van der Waals surface area contributed by atoms with Crippen LogP contribution in [-0.4, -0.2) is 54.4 Å². The van der Waals surface area contributed by atoms with Crippen molar-refractivity contribution in [3.63, 3.8) is 0 Å². The second-order valence-electron chi connectivity index (χ2n) is 5.32. The molecule has 1 atom stereocenters. The molecule has 0 aliphatic rings. The average Bonchev–Trinajstić information content (AvgIpc) is 2.54. The van der Waals surface area contributed by atoms with E-state index in [-0.39, 0.29) is 24.3 Å². The molecule has 0 aromatic heterocycles. The van der Waals surface area contributed by atoms with Gasteiger partial charge < -0.3 is 20.1 Å². The van der Waals surface area contributed by atoms with E-state index < -0.39 is 11.9 Å². The number of hydrogen-bond donors (Lipinski definition) is 2. The smallest absolute Gasteiger partial charge is 0.321 e. The molecule has 1 rings (SSSR count). The molecule has 132 valence electrons. The van der Waals surface area contributed by atoms with E-state index in [0.717, 1.165) is 5.56 Å². The Morgan fingerprint density at radius 1 is 1.38 bits per heavy atom. The van der Waals surface area contributed by atoms with Gasteiger partial charge in [0.2, 0.25) is 0 Å². The van der Waals surface area contributed by atoms with Gasteiger partial charge in [0.1, 0.15) is 0 Å². The zero-order valence-corrected chi connectivity index (χ0v) is 14.8. The standard InChI is InChI=1S/C16H22N2O5S/c1-11(15(20)21)8-18(2)16(22)17-13-6-4-5-12(7-13)9-24-10-14(19)23-3/h4-7,11H,8-10H2,1-3H3,(H,17,22)(H,20,21). The highest BCUT2D eigenvalue weighted by Crippen LogP contribution is 2.17. The number of carboxylic acids is 1. The van der Waals surface area contributed by atoms with E-state index in [4.69, 9.17) is 5.11 Å². The van der Waals surface area contributed by atoms with E-state index in [1.807, 2.05) is 18.2 Å². The summed E-state index contributed by atoms with van der Waals surface area (Å²) in [5.41, 5.74) is 1.58. The number of rotatable bonds is 8. The molecule has 1 unspecified atom stereocenters. The maximum absolute atomic E-state index is 12.1. The number of esters is 1. The van der Waals surface area contributed by atoms with Gasteiger partial charge >= 0.3 is 18.0 Å². The molecule has 2 amide bonds. The normalized spacial score (nSPS) is 11.5. The van der Waals surface area contributed by atoms with Gasteiger partial charge in [0.05, 0.1) is 18.8 Å². The van der Waals surface area contributed by atoms with Crippen molar-refractivity contribution in [2.75, 3.05) is 31.8 Å². The van der Waals surface area contributed by atoms with E-state index >= 15 is 0 Å². The number of carbonyl (C=O) groups excluding carboxylic acids is 2. The monoisotopic (exact) mass is 354 g/mol. The first kappa shape index (κ1) is 19.8. The summed E-state index contributed by atoms with van der Waals surface area (Å²) in [6, 6.07) is 6.90. The van der Waals surface area contributed by atoms with Gasteiger partial charge in [-0.1, -0.05) is 19.1 Å². The van der Waals surface area contributed by atoms with Crippen LogP contribution in [0.5, 0.6) is 0 Å². The van der Waals surface area contributed by atoms with Crippen LogP contribution in [0.25, 0.3) is 0 Å². The number of nitrogens with zero attached hydrogens (tertiary/aromatic N) is 1. The summed E-state index contributed by atoms with van der Waals surface area (Å²) in [7, 11) is 2.89. The van der Waals surface area contributed by atoms with Crippen molar-refractivity contribution in [2.24, 2.45) is 5.92 Å². The van der Waals surface area contributed by atoms with Crippen LogP contribution >= 0.6 is 11.8 Å². The fourth-order valence-electron chi connectivity index (χ4n) is 1.84. The summed E-state index contributed by atoms with van der Waals surface area (Å²) < 4.78 is 4.58. The minimum Gasteiger partial charge on any atom is -0.481 e. The third-order valence-electron chi connectivity index (χ3n) is 3.21. The number of nitrogens with one attached hydrogen (secondary N) is 1. The van der Waals surface area contributed by atoms with Crippen molar-refractivity contribution < 1.29 is 24.2 Å². The predicted molar refractivity (Wildman–Crippen MR) is 93.1 cm³/mol. The molecule has 2 N–H and O–H groups in total. The zero-order valence-electron chi connectivity index (χ0n) is 13.9. The second-order valence-corrected chi connectivity index (χ2v) is 6.30. The number of benzene rings is 1. The van der Waals surface area contributed by atoms with Crippen LogP contribution < -0.4 is 5.32 Å². The van der Waals surface area contributed by atoms with Crippen LogP contribution in [-0.2, 0) is 20.1 Å². The Bertz CT molecular complexity index is 594. The summed E-state index contributed by atoms with van der Waals surface area (Å²) in [5, 5.41) is 11.6. The highest BCUT2D eigenvalue weighted by Gasteiger charge is 2.17. The number of methoxy groups -OCH3 is 1. The van der Waals surface area contributed by atoms with Gasteiger partial charge in [0.25, 0.3) is 0 Å². The molecule has 1 aromatic carbocycles. The van der Waals surface area contributed by atoms with Gasteiger partial charge in [0, 0.05) is 25.0 Å². The van der Waals surface area contributed by atoms with E-state index in [9.17, 15) is 14.4 Å². The van der Waals surface area contributed by atoms with Gasteiger partial charge in [-0.05, 0) is 17.7 Å². The summed E-state index contributed by atoms with van der Waals surface area (Å²) in [6.45, 7) is 1.67. The molecule has 8 heteroatoms. The number of amides is 2. The first-order chi connectivity index (χ1) is 11.3. The first-order valence-corrected chi connectivity index (χ1v) is 8.47. The topological polar surface area (TPSA) is 95.9 Å². The average molecular weight is 354 g/mol. The Morgan fingerprint density at radius 3 is 2.71 bits per heavy atom. The number of hydrogen-bond acceptors (Lipinski definition) is 5. The molecule has 0 heterocycles. The van der Waals surface area contributed by atoms with Crippen molar-refractivity contribution >= 4 is 35.4 Å². The van der Waals surface area contributed by atoms with Gasteiger partial charge in [0.15, 0.2) is 0 Å². The molecule has 0 aliphatic heterocycles. The van der Waals surface area contributed by atoms with Crippen molar-refractivity contribution in [3.05, 3.63) is 29.8 Å². The Morgan fingerprint density at radius 2 is 2.08 bits per heavy atom. The summed E-state index contributed by atoms with van der Waals surface area (Å²) in [5.74, 6) is -0.979. The van der Waals surface area contributed by atoms with Crippen molar-refractivity contribution in [2.45, 2.75) is 12.7 Å². The van der Waals surface area contributed by atoms with Crippen molar-refractivity contribution in [1.29, 1.82) is 0 Å². The molecule has 0 saturated carbocycles. The third-order valence-corrected chi connectivity index (χ3v) is 4.19. The molecule has 0 aliphatic carbocycles. The maximum atomic E-state index is 12.1. The SMILES string of the molecule is COC(=O)CSCc1cccc(NC(=O)N(C)CC(C)C(=O)O)c1. The van der Waals surface area contributed by atoms with Crippen LogP contribution in [0.15, 0.2) is 24.3 Å². The van der Waals surface area contributed by atoms with Crippen LogP contribution in [0.3, 0.4) is 0 Å². The van der Waals surface area contributed by atoms with Crippen LogP contribution in [0.2, 0.25) is 0 Å². The highest BCUT2D eigenvalue weighted by atomic mass is 32.2. The molecule has 0 spiro atoms. The quantitative estimate of drug-likeness (QED) is 0.695. The number of anilines is 1. The predicted octanol–water partition coefficient (Wildman–Crippen LogP) is 2.28. The Kier molecular flexibility index (Phi) is 8.11. The fraction of sp³-hybridized carbons (Fsp3) is 0.438. The van der Waals surface area contributed by atoms with Crippen LogP contribution in [0.4, 0.5) is 10.5 Å². The van der Waals surface area contributed by atoms with Crippen molar-refractivity contribution in [1.82, 2.24) is 4.90 Å². The molecule has 0 saturated heterocycles. The Balaban J connectivity index is 2.55.